The van der Waals surface area contributed by atoms with Crippen molar-refractivity contribution in [2.75, 3.05) is 0 Å². The van der Waals surface area contributed by atoms with Gasteiger partial charge in [-0.05, 0) is 49.2 Å². The van der Waals surface area contributed by atoms with Crippen molar-refractivity contribution in [1.29, 1.82) is 0 Å². The maximum atomic E-state index is 5.43. The molecule has 0 spiro atoms. The highest BCUT2D eigenvalue weighted by atomic mass is 15.1. The van der Waals surface area contributed by atoms with Gasteiger partial charge in [0.1, 0.15) is 0 Å². The predicted octanol–water partition coefficient (Wildman–Crippen LogP) is 14.3. The molecule has 8 nitrogen and oxygen atoms in total. The average Bonchev–Trinajstić information content (AvgIpc) is 3.94. The van der Waals surface area contributed by atoms with Crippen LogP contribution in [0.4, 0.5) is 0 Å². The van der Waals surface area contributed by atoms with Gasteiger partial charge in [-0.3, -0.25) is 0 Å². The van der Waals surface area contributed by atoms with Crippen molar-refractivity contribution in [2.45, 2.75) is 12.8 Å². The standard InChI is InChI=1S/C60H40N8/c1-5-21-39(22-6-1)55-61-56(40-23-7-2-8-24-40)64-59(63-55)47-37-54(68-51-35-19-15-31-45(51)46-32-16-20-36-52(46)68)48(38-53(47)67-49-33-17-13-29-43(49)44-30-14-18-34-50(44)67)60-65-57(41-25-9-3-10-26-41)62-58(66-60)42-27-11-4-12-28-42/h1-3,5-11,13-38H,4,12H2. The normalized spacial score (nSPS) is 12.6. The zero-order valence-electron chi connectivity index (χ0n) is 36.8. The van der Waals surface area contributed by atoms with Crippen molar-refractivity contribution < 1.29 is 0 Å². The smallest absolute Gasteiger partial charge is 0.166 e. The van der Waals surface area contributed by atoms with Crippen LogP contribution in [0, 0.1) is 0 Å². The molecule has 0 unspecified atom stereocenters. The van der Waals surface area contributed by atoms with Crippen molar-refractivity contribution >= 4 is 49.2 Å². The molecule has 1 aliphatic rings. The van der Waals surface area contributed by atoms with Crippen LogP contribution >= 0.6 is 0 Å². The number of benzene rings is 8. The number of hydrogen-bond donors (Lipinski definition) is 0. The van der Waals surface area contributed by atoms with E-state index in [1.807, 2.05) is 78.9 Å². The first-order valence-electron chi connectivity index (χ1n) is 22.9. The van der Waals surface area contributed by atoms with E-state index in [1.54, 1.807) is 0 Å². The summed E-state index contributed by atoms with van der Waals surface area (Å²) < 4.78 is 4.70. The van der Waals surface area contributed by atoms with E-state index < -0.39 is 0 Å². The Balaban J connectivity index is 1.21. The fourth-order valence-corrected chi connectivity index (χ4v) is 9.72. The van der Waals surface area contributed by atoms with E-state index in [4.69, 9.17) is 29.9 Å². The second-order valence-corrected chi connectivity index (χ2v) is 17.0. The lowest BCUT2D eigenvalue weighted by molar-refractivity contribution is 1.00. The first kappa shape index (κ1) is 39.2. The largest absolute Gasteiger partial charge is 0.308 e. The minimum atomic E-state index is 0.530. The summed E-state index contributed by atoms with van der Waals surface area (Å²) in [5, 5.41) is 4.55. The van der Waals surface area contributed by atoms with Gasteiger partial charge in [-0.25, -0.2) is 29.9 Å². The number of allylic oxidation sites excluding steroid dienone is 4. The molecule has 13 rings (SSSR count). The molecule has 0 fully saturated rings. The molecule has 68 heavy (non-hydrogen) atoms. The Bertz CT molecular complexity index is 3800. The van der Waals surface area contributed by atoms with Gasteiger partial charge in [0.05, 0.1) is 33.4 Å². The van der Waals surface area contributed by atoms with E-state index in [1.165, 1.54) is 0 Å². The number of para-hydroxylation sites is 4. The lowest BCUT2D eigenvalue weighted by Crippen LogP contribution is -2.09. The third-order valence-electron chi connectivity index (χ3n) is 12.9. The Labute approximate surface area is 392 Å². The summed E-state index contributed by atoms with van der Waals surface area (Å²) in [5.41, 5.74) is 11.2. The molecular weight excluding hydrogens is 833 g/mol. The van der Waals surface area contributed by atoms with E-state index in [9.17, 15) is 0 Å². The average molecular weight is 873 g/mol. The maximum Gasteiger partial charge on any atom is 0.166 e. The predicted molar refractivity (Wildman–Crippen MR) is 275 cm³/mol. The topological polar surface area (TPSA) is 87.2 Å². The monoisotopic (exact) mass is 872 g/mol. The SMILES string of the molecule is C1=CC(c2nc(-c3ccccc3)nc(-c3cc(-n4c5ccccc5c5ccccc54)c(-c4nc(-c5ccccc5)nc(-c5ccccc5)n4)cc3-n3c4ccccc4c4ccccc43)n2)=CCC1. The third-order valence-corrected chi connectivity index (χ3v) is 12.9. The van der Waals surface area contributed by atoms with E-state index in [2.05, 4.69) is 149 Å². The van der Waals surface area contributed by atoms with Crippen LogP contribution in [0.25, 0.3) is 117 Å². The number of nitrogens with zero attached hydrogens (tertiary/aromatic N) is 8. The summed E-state index contributed by atoms with van der Waals surface area (Å²) in [6.07, 6.45) is 8.44. The molecule has 8 heteroatoms. The van der Waals surface area contributed by atoms with Crippen LogP contribution in [0.1, 0.15) is 18.7 Å². The lowest BCUT2D eigenvalue weighted by Gasteiger charge is -2.21. The van der Waals surface area contributed by atoms with E-state index in [0.717, 1.165) is 101 Å². The minimum absolute atomic E-state index is 0.530. The Morgan fingerprint density at radius 2 is 0.632 bits per heavy atom. The van der Waals surface area contributed by atoms with Crippen molar-refractivity contribution in [2.24, 2.45) is 0 Å². The van der Waals surface area contributed by atoms with Gasteiger partial charge in [-0.2, -0.15) is 0 Å². The molecule has 0 radical (unpaired) electrons. The molecular formula is C60H40N8. The van der Waals surface area contributed by atoms with Crippen LogP contribution in [-0.4, -0.2) is 39.0 Å². The van der Waals surface area contributed by atoms with Crippen LogP contribution in [0.15, 0.2) is 218 Å². The Morgan fingerprint density at radius 1 is 0.309 bits per heavy atom. The van der Waals surface area contributed by atoms with Crippen LogP contribution in [0.5, 0.6) is 0 Å². The quantitative estimate of drug-likeness (QED) is 0.151. The van der Waals surface area contributed by atoms with Crippen molar-refractivity contribution in [3.63, 3.8) is 0 Å². The van der Waals surface area contributed by atoms with Gasteiger partial charge in [-0.1, -0.05) is 182 Å². The van der Waals surface area contributed by atoms with Gasteiger partial charge in [0.15, 0.2) is 34.9 Å². The molecule has 0 bridgehead atoms. The molecule has 0 N–H and O–H groups in total. The van der Waals surface area contributed by atoms with Gasteiger partial charge in [0.25, 0.3) is 0 Å². The van der Waals surface area contributed by atoms with E-state index >= 15 is 0 Å². The second kappa shape index (κ2) is 16.4. The van der Waals surface area contributed by atoms with E-state index in [-0.39, 0.29) is 0 Å². The molecule has 0 saturated heterocycles. The summed E-state index contributed by atoms with van der Waals surface area (Å²) in [6, 6.07) is 69.4. The Hall–Kier alpha value is -9.14. The molecule has 8 aromatic carbocycles. The van der Waals surface area contributed by atoms with Crippen LogP contribution in [-0.2, 0) is 0 Å². The molecule has 0 atom stereocenters. The van der Waals surface area contributed by atoms with Crippen molar-refractivity contribution in [3.05, 3.63) is 224 Å². The van der Waals surface area contributed by atoms with E-state index in [0.29, 0.717) is 34.9 Å². The van der Waals surface area contributed by atoms with Gasteiger partial charge in [0, 0.05) is 54.9 Å². The van der Waals surface area contributed by atoms with Gasteiger partial charge < -0.3 is 9.13 Å². The summed E-state index contributed by atoms with van der Waals surface area (Å²) >= 11 is 0. The number of hydrogen-bond acceptors (Lipinski definition) is 6. The minimum Gasteiger partial charge on any atom is -0.308 e. The summed E-state index contributed by atoms with van der Waals surface area (Å²) in [6.45, 7) is 0. The Kier molecular flexibility index (Phi) is 9.45. The highest BCUT2D eigenvalue weighted by molar-refractivity contribution is 6.11. The molecule has 0 saturated carbocycles. The van der Waals surface area contributed by atoms with Crippen molar-refractivity contribution in [3.8, 4) is 68.3 Å². The fraction of sp³-hybridized carbons (Fsp3) is 0.0333. The number of aromatic nitrogens is 8. The number of rotatable bonds is 8. The zero-order chi connectivity index (χ0) is 45.0. The maximum absolute atomic E-state index is 5.43. The fourth-order valence-electron chi connectivity index (χ4n) is 9.72. The first-order chi connectivity index (χ1) is 33.7. The third kappa shape index (κ3) is 6.69. The lowest BCUT2D eigenvalue weighted by atomic mass is 10.0. The molecule has 0 amide bonds. The summed E-state index contributed by atoms with van der Waals surface area (Å²) in [7, 11) is 0. The van der Waals surface area contributed by atoms with Gasteiger partial charge >= 0.3 is 0 Å². The molecule has 0 aliphatic heterocycles. The molecule has 320 valence electrons. The second-order valence-electron chi connectivity index (χ2n) is 17.0. The first-order valence-corrected chi connectivity index (χ1v) is 22.9. The molecule has 12 aromatic rings. The van der Waals surface area contributed by atoms with Crippen molar-refractivity contribution in [1.82, 2.24) is 39.0 Å². The molecule has 4 heterocycles. The Morgan fingerprint density at radius 3 is 1.00 bits per heavy atom. The molecule has 1 aliphatic carbocycles. The molecule has 4 aromatic heterocycles. The highest BCUT2D eigenvalue weighted by Crippen LogP contribution is 2.43. The van der Waals surface area contributed by atoms with Crippen LogP contribution in [0.3, 0.4) is 0 Å². The number of fused-ring (bicyclic) bond motifs is 6. The summed E-state index contributed by atoms with van der Waals surface area (Å²) in [4.78, 5) is 32.0. The van der Waals surface area contributed by atoms with Crippen LogP contribution < -0.4 is 0 Å². The van der Waals surface area contributed by atoms with Gasteiger partial charge in [-0.15, -0.1) is 0 Å². The summed E-state index contributed by atoms with van der Waals surface area (Å²) in [5.74, 6) is 3.45. The highest BCUT2D eigenvalue weighted by Gasteiger charge is 2.26. The van der Waals surface area contributed by atoms with Gasteiger partial charge in [0.2, 0.25) is 0 Å². The zero-order valence-corrected chi connectivity index (χ0v) is 36.8. The van der Waals surface area contributed by atoms with Crippen LogP contribution in [0.2, 0.25) is 0 Å².